The second kappa shape index (κ2) is 5.80. The van der Waals surface area contributed by atoms with E-state index in [1.54, 1.807) is 0 Å². The van der Waals surface area contributed by atoms with Crippen LogP contribution in [0.15, 0.2) is 23.1 Å². The van der Waals surface area contributed by atoms with E-state index >= 15 is 0 Å². The van der Waals surface area contributed by atoms with Gasteiger partial charge < -0.3 is 4.74 Å². The quantitative estimate of drug-likeness (QED) is 0.572. The van der Waals surface area contributed by atoms with Crippen molar-refractivity contribution in [3.05, 3.63) is 28.3 Å². The average Bonchev–Trinajstić information content (AvgIpc) is 2.41. The van der Waals surface area contributed by atoms with Crippen molar-refractivity contribution in [2.45, 2.75) is 17.7 Å². The number of primary sulfonamides is 1. The van der Waals surface area contributed by atoms with Crippen LogP contribution in [0.4, 0.5) is 5.69 Å². The first-order chi connectivity index (χ1) is 11.2. The Kier molecular flexibility index (Phi) is 4.06. The monoisotopic (exact) mass is 355 g/mol. The minimum absolute atomic E-state index is 0.00135. The maximum Gasteiger partial charge on any atom is 0.312 e. The molecule has 0 unspecified atom stereocenters. The van der Waals surface area contributed by atoms with Gasteiger partial charge in [0.2, 0.25) is 10.0 Å². The van der Waals surface area contributed by atoms with Crippen LogP contribution >= 0.6 is 0 Å². The minimum atomic E-state index is -4.01. The number of Topliss-reactive ketones (excluding diaryl/α,β-unsaturated/α-hetero) is 1. The zero-order valence-electron chi connectivity index (χ0n) is 12.8. The molecule has 1 aliphatic heterocycles. The van der Waals surface area contributed by atoms with Gasteiger partial charge in [-0.25, -0.2) is 13.6 Å². The minimum Gasteiger partial charge on any atom is -0.485 e. The normalized spacial score (nSPS) is 19.6. The van der Waals surface area contributed by atoms with Crippen LogP contribution < -0.4 is 9.88 Å². The Morgan fingerprint density at radius 1 is 1.33 bits per heavy atom. The van der Waals surface area contributed by atoms with Gasteiger partial charge >= 0.3 is 5.69 Å². The van der Waals surface area contributed by atoms with Crippen LogP contribution in [0.25, 0.3) is 0 Å². The molecule has 1 aromatic rings. The van der Waals surface area contributed by atoms with Crippen LogP contribution in [0.3, 0.4) is 0 Å². The summed E-state index contributed by atoms with van der Waals surface area (Å²) in [6, 6.07) is 3.31. The molecule has 3 rings (SSSR count). The first-order valence-electron chi connectivity index (χ1n) is 7.37. The molecule has 1 aromatic carbocycles. The summed E-state index contributed by atoms with van der Waals surface area (Å²) in [7, 11) is -4.01. The summed E-state index contributed by atoms with van der Waals surface area (Å²) in [6.07, 6.45) is 1.29. The molecule has 1 heterocycles. The molecule has 0 aromatic heterocycles. The van der Waals surface area contributed by atoms with E-state index in [2.05, 4.69) is 4.90 Å². The predicted molar refractivity (Wildman–Crippen MR) is 83.1 cm³/mol. The van der Waals surface area contributed by atoms with Crippen molar-refractivity contribution in [2.75, 3.05) is 26.2 Å². The third kappa shape index (κ3) is 3.25. The standard InChI is InChI=1S/C14H17N3O6S/c15-24(21,22)11-1-2-13(12(5-11)17(19)20)23-4-3-16-8-14(9-16)6-10(18)7-14/h1-2,5H,3-4,6-9H2,(H2,15,21,22). The first-order valence-corrected chi connectivity index (χ1v) is 8.91. The number of nitro groups is 1. The Morgan fingerprint density at radius 2 is 2.00 bits per heavy atom. The molecule has 10 heteroatoms. The van der Waals surface area contributed by atoms with Crippen molar-refractivity contribution in [3.63, 3.8) is 0 Å². The summed E-state index contributed by atoms with van der Waals surface area (Å²) in [5.41, 5.74) is -0.286. The Bertz CT molecular complexity index is 791. The molecule has 9 nitrogen and oxygen atoms in total. The maximum absolute atomic E-state index is 11.3. The number of likely N-dealkylation sites (tertiary alicyclic amines) is 1. The first kappa shape index (κ1) is 16.8. The summed E-state index contributed by atoms with van der Waals surface area (Å²) < 4.78 is 28.0. The molecule has 24 heavy (non-hydrogen) atoms. The lowest BCUT2D eigenvalue weighted by Crippen LogP contribution is -2.63. The third-order valence-corrected chi connectivity index (χ3v) is 5.29. The highest BCUT2D eigenvalue weighted by atomic mass is 32.2. The van der Waals surface area contributed by atoms with Crippen LogP contribution in [0.5, 0.6) is 5.75 Å². The number of carbonyl (C=O) groups excluding carboxylic acids is 1. The highest BCUT2D eigenvalue weighted by Gasteiger charge is 2.51. The van der Waals surface area contributed by atoms with Crippen LogP contribution in [-0.2, 0) is 14.8 Å². The number of sulfonamides is 1. The number of hydrogen-bond acceptors (Lipinski definition) is 7. The number of carbonyl (C=O) groups is 1. The number of ketones is 1. The maximum atomic E-state index is 11.3. The molecule has 2 N–H and O–H groups in total. The van der Waals surface area contributed by atoms with Crippen molar-refractivity contribution < 1.29 is 22.9 Å². The van der Waals surface area contributed by atoms with Crippen molar-refractivity contribution in [1.82, 2.24) is 4.90 Å². The fourth-order valence-corrected chi connectivity index (χ4v) is 3.83. The SMILES string of the molecule is NS(=O)(=O)c1ccc(OCCN2CC3(CC(=O)C3)C2)c([N+](=O)[O-])c1. The van der Waals surface area contributed by atoms with E-state index in [9.17, 15) is 23.3 Å². The lowest BCUT2D eigenvalue weighted by Gasteiger charge is -2.54. The molecule has 1 saturated carbocycles. The van der Waals surface area contributed by atoms with Crippen molar-refractivity contribution in [3.8, 4) is 5.75 Å². The van der Waals surface area contributed by atoms with Crippen LogP contribution in [0.1, 0.15) is 12.8 Å². The van der Waals surface area contributed by atoms with E-state index in [1.165, 1.54) is 12.1 Å². The number of nitrogens with zero attached hydrogens (tertiary/aromatic N) is 2. The zero-order chi connectivity index (χ0) is 17.5. The van der Waals surface area contributed by atoms with Gasteiger partial charge in [0.15, 0.2) is 5.75 Å². The fraction of sp³-hybridized carbons (Fsp3) is 0.500. The molecular formula is C14H17N3O6S. The van der Waals surface area contributed by atoms with E-state index in [0.29, 0.717) is 25.2 Å². The molecule has 0 amide bonds. The lowest BCUT2D eigenvalue weighted by molar-refractivity contribution is -0.386. The van der Waals surface area contributed by atoms with E-state index in [4.69, 9.17) is 9.88 Å². The van der Waals surface area contributed by atoms with Gasteiger partial charge in [0.25, 0.3) is 0 Å². The summed E-state index contributed by atoms with van der Waals surface area (Å²) >= 11 is 0. The molecular weight excluding hydrogens is 338 g/mol. The Morgan fingerprint density at radius 3 is 2.54 bits per heavy atom. The van der Waals surface area contributed by atoms with Gasteiger partial charge in [0.1, 0.15) is 12.4 Å². The van der Waals surface area contributed by atoms with E-state index in [1.807, 2.05) is 0 Å². The number of ether oxygens (including phenoxy) is 1. The second-order valence-corrected chi connectivity index (χ2v) is 7.94. The van der Waals surface area contributed by atoms with E-state index in [0.717, 1.165) is 19.2 Å². The van der Waals surface area contributed by atoms with Crippen LogP contribution in [-0.4, -0.2) is 50.3 Å². The topological polar surface area (TPSA) is 133 Å². The van der Waals surface area contributed by atoms with Gasteiger partial charge in [-0.2, -0.15) is 0 Å². The van der Waals surface area contributed by atoms with E-state index in [-0.39, 0.29) is 22.7 Å². The molecule has 2 aliphatic rings. The zero-order valence-corrected chi connectivity index (χ0v) is 13.6. The Hall–Kier alpha value is -2.04. The fourth-order valence-electron chi connectivity index (χ4n) is 3.29. The summed E-state index contributed by atoms with van der Waals surface area (Å²) in [5, 5.41) is 16.0. The molecule has 130 valence electrons. The molecule has 2 fully saturated rings. The predicted octanol–water partition coefficient (Wildman–Crippen LogP) is 0.286. The van der Waals surface area contributed by atoms with Crippen LogP contribution in [0, 0.1) is 15.5 Å². The number of nitrogens with two attached hydrogens (primary N) is 1. The molecule has 1 spiro atoms. The van der Waals surface area contributed by atoms with Crippen molar-refractivity contribution in [2.24, 2.45) is 10.6 Å². The highest BCUT2D eigenvalue weighted by Crippen LogP contribution is 2.45. The van der Waals surface area contributed by atoms with Gasteiger partial charge in [-0.3, -0.25) is 19.8 Å². The lowest BCUT2D eigenvalue weighted by atomic mass is 9.63. The summed E-state index contributed by atoms with van der Waals surface area (Å²) in [5.74, 6) is 0.304. The Balaban J connectivity index is 1.57. The molecule has 0 radical (unpaired) electrons. The number of nitro benzene ring substituents is 1. The second-order valence-electron chi connectivity index (χ2n) is 6.38. The molecule has 1 saturated heterocycles. The smallest absolute Gasteiger partial charge is 0.312 e. The summed E-state index contributed by atoms with van der Waals surface area (Å²) in [4.78, 5) is 23.2. The van der Waals surface area contributed by atoms with Gasteiger partial charge in [-0.15, -0.1) is 0 Å². The van der Waals surface area contributed by atoms with Gasteiger partial charge in [-0.05, 0) is 12.1 Å². The average molecular weight is 355 g/mol. The van der Waals surface area contributed by atoms with Crippen LogP contribution in [0.2, 0.25) is 0 Å². The van der Waals surface area contributed by atoms with Gasteiger partial charge in [-0.1, -0.05) is 0 Å². The summed E-state index contributed by atoms with van der Waals surface area (Å²) in [6.45, 7) is 2.51. The largest absolute Gasteiger partial charge is 0.485 e. The number of hydrogen-bond donors (Lipinski definition) is 1. The molecule has 1 aliphatic carbocycles. The molecule has 0 bridgehead atoms. The molecule has 0 atom stereocenters. The van der Waals surface area contributed by atoms with Gasteiger partial charge in [0.05, 0.1) is 9.82 Å². The third-order valence-electron chi connectivity index (χ3n) is 4.38. The van der Waals surface area contributed by atoms with E-state index < -0.39 is 20.6 Å². The van der Waals surface area contributed by atoms with Crippen molar-refractivity contribution >= 4 is 21.5 Å². The number of benzene rings is 1. The highest BCUT2D eigenvalue weighted by molar-refractivity contribution is 7.89. The number of rotatable bonds is 6. The van der Waals surface area contributed by atoms with Crippen molar-refractivity contribution in [1.29, 1.82) is 0 Å². The Labute approximate surface area is 138 Å². The van der Waals surface area contributed by atoms with Gasteiger partial charge in [0, 0.05) is 44.0 Å².